The molecule has 7 rings (SSSR count). The zero-order valence-electron chi connectivity index (χ0n) is 26.1. The van der Waals surface area contributed by atoms with Crippen LogP contribution in [0, 0.1) is 19.0 Å². The Kier molecular flexibility index (Phi) is 6.74. The van der Waals surface area contributed by atoms with E-state index in [0.717, 1.165) is 22.0 Å². The van der Waals surface area contributed by atoms with Crippen molar-refractivity contribution in [2.45, 2.75) is 13.2 Å². The van der Waals surface area contributed by atoms with Crippen LogP contribution in [0.4, 0.5) is 0 Å². The molecule has 3 aromatic carbocycles. The van der Waals surface area contributed by atoms with Gasteiger partial charge in [-0.2, -0.15) is 0 Å². The molecule has 5 heteroatoms. The first-order valence-corrected chi connectivity index (χ1v) is 12.4. The summed E-state index contributed by atoms with van der Waals surface area (Å²) in [6.45, 7) is -2.22. The standard InChI is InChI=1S/C24H17N2O.C11H8N.Ir/c1-16-10-13-22(25-15-16)21-9-5-8-19-20-12-11-18(26-24(20)27-23(19)21)14-17-6-3-2-4-7-17;1-2-6-10(7-3-1)11-8-4-5-9-12-11;/h2-8,10-13,15H,14H2,1H3;1-6,8-9H;/q2*-1;/i1D3,14D2;;. The summed E-state index contributed by atoms with van der Waals surface area (Å²) >= 11 is 0. The third-order valence-electron chi connectivity index (χ3n) is 6.01. The molecular weight excluding hydrogens is 671 g/mol. The summed E-state index contributed by atoms with van der Waals surface area (Å²) in [5.74, 6) is 0. The summed E-state index contributed by atoms with van der Waals surface area (Å²) in [4.78, 5) is 13.0. The summed E-state index contributed by atoms with van der Waals surface area (Å²) in [6, 6.07) is 39.1. The van der Waals surface area contributed by atoms with Crippen LogP contribution in [-0.4, -0.2) is 15.0 Å². The fraction of sp³-hybridized carbons (Fsp3) is 0.0571. The van der Waals surface area contributed by atoms with Crippen molar-refractivity contribution in [1.29, 1.82) is 0 Å². The Morgan fingerprint density at radius 1 is 0.775 bits per heavy atom. The fourth-order valence-corrected chi connectivity index (χ4v) is 4.17. The number of pyridine rings is 3. The van der Waals surface area contributed by atoms with Crippen molar-refractivity contribution in [2.24, 2.45) is 0 Å². The van der Waals surface area contributed by atoms with Crippen molar-refractivity contribution < 1.29 is 31.4 Å². The molecule has 0 saturated carbocycles. The first-order chi connectivity index (χ1) is 21.2. The van der Waals surface area contributed by atoms with Gasteiger partial charge in [-0.3, -0.25) is 0 Å². The van der Waals surface area contributed by atoms with Crippen molar-refractivity contribution in [3.8, 4) is 22.5 Å². The summed E-state index contributed by atoms with van der Waals surface area (Å²) in [5.41, 5.74) is 4.88. The minimum atomic E-state index is -2.22. The van der Waals surface area contributed by atoms with Crippen LogP contribution in [0.1, 0.15) is 23.7 Å². The predicted octanol–water partition coefficient (Wildman–Crippen LogP) is 8.29. The third kappa shape index (κ3) is 6.07. The number of rotatable bonds is 4. The van der Waals surface area contributed by atoms with E-state index >= 15 is 0 Å². The van der Waals surface area contributed by atoms with Crippen molar-refractivity contribution in [1.82, 2.24) is 15.0 Å². The van der Waals surface area contributed by atoms with Crippen LogP contribution >= 0.6 is 0 Å². The van der Waals surface area contributed by atoms with Crippen molar-refractivity contribution in [3.63, 3.8) is 0 Å². The van der Waals surface area contributed by atoms with Gasteiger partial charge in [0, 0.05) is 56.8 Å². The first-order valence-electron chi connectivity index (χ1n) is 14.9. The molecule has 0 N–H and O–H groups in total. The molecule has 4 aromatic heterocycles. The molecule has 0 bridgehead atoms. The molecule has 0 atom stereocenters. The van der Waals surface area contributed by atoms with Crippen LogP contribution in [0.2, 0.25) is 0 Å². The van der Waals surface area contributed by atoms with E-state index in [1.165, 1.54) is 12.3 Å². The van der Waals surface area contributed by atoms with Gasteiger partial charge in [-0.25, -0.2) is 4.98 Å². The van der Waals surface area contributed by atoms with E-state index in [9.17, 15) is 0 Å². The smallest absolute Gasteiger partial charge is 0.216 e. The molecule has 7 aromatic rings. The molecule has 0 saturated heterocycles. The number of fused-ring (bicyclic) bond motifs is 3. The number of aromatic nitrogens is 3. The Labute approximate surface area is 254 Å². The van der Waals surface area contributed by atoms with E-state index in [1.807, 2.05) is 54.6 Å². The Hall–Kier alpha value is -4.44. The van der Waals surface area contributed by atoms with Crippen molar-refractivity contribution >= 4 is 22.1 Å². The molecule has 40 heavy (non-hydrogen) atoms. The quantitative estimate of drug-likeness (QED) is 0.174. The average Bonchev–Trinajstić information content (AvgIpc) is 3.44. The van der Waals surface area contributed by atoms with Gasteiger partial charge in [-0.15, -0.1) is 54.1 Å². The predicted molar refractivity (Wildman–Crippen MR) is 156 cm³/mol. The van der Waals surface area contributed by atoms with Gasteiger partial charge in [0.25, 0.3) is 0 Å². The number of benzene rings is 3. The molecule has 197 valence electrons. The maximum Gasteiger partial charge on any atom is 0.216 e. The minimum Gasteiger partial charge on any atom is -0.486 e. The summed E-state index contributed by atoms with van der Waals surface area (Å²) in [6.07, 6.45) is 1.34. The van der Waals surface area contributed by atoms with Gasteiger partial charge in [-0.05, 0) is 47.6 Å². The van der Waals surface area contributed by atoms with Crippen LogP contribution in [0.3, 0.4) is 0 Å². The first kappa shape index (κ1) is 21.4. The van der Waals surface area contributed by atoms with Crippen LogP contribution in [-0.2, 0) is 26.5 Å². The second-order valence-electron chi connectivity index (χ2n) is 8.66. The fourth-order valence-electron chi connectivity index (χ4n) is 4.17. The minimum absolute atomic E-state index is 0. The van der Waals surface area contributed by atoms with Gasteiger partial charge in [0.1, 0.15) is 0 Å². The zero-order chi connectivity index (χ0) is 30.7. The molecule has 0 spiro atoms. The van der Waals surface area contributed by atoms with E-state index in [4.69, 9.17) is 11.3 Å². The number of aryl methyl sites for hydroxylation is 1. The van der Waals surface area contributed by atoms with Crippen molar-refractivity contribution in [3.05, 3.63) is 151 Å². The number of furan rings is 1. The molecule has 0 aliphatic carbocycles. The number of hydrogen-bond acceptors (Lipinski definition) is 4. The monoisotopic (exact) mass is 701 g/mol. The molecule has 4 heterocycles. The van der Waals surface area contributed by atoms with Crippen LogP contribution < -0.4 is 0 Å². The molecule has 0 fully saturated rings. The Bertz CT molecular complexity index is 1980. The Morgan fingerprint density at radius 2 is 1.65 bits per heavy atom. The summed E-state index contributed by atoms with van der Waals surface area (Å²) in [5, 5.41) is 1.55. The van der Waals surface area contributed by atoms with Gasteiger partial charge < -0.3 is 14.4 Å². The molecule has 0 aliphatic rings. The summed E-state index contributed by atoms with van der Waals surface area (Å²) < 4.78 is 45.7. The summed E-state index contributed by atoms with van der Waals surface area (Å²) in [7, 11) is 0. The normalized spacial score (nSPS) is 13.1. The van der Waals surface area contributed by atoms with Crippen LogP contribution in [0.15, 0.2) is 126 Å². The molecular formula is C35H25IrN3O-2. The second kappa shape index (κ2) is 12.6. The number of hydrogen-bond donors (Lipinski definition) is 0. The van der Waals surface area contributed by atoms with E-state index in [1.54, 1.807) is 54.7 Å². The Morgan fingerprint density at radius 3 is 2.40 bits per heavy atom. The third-order valence-corrected chi connectivity index (χ3v) is 6.01. The molecule has 1 radical (unpaired) electrons. The van der Waals surface area contributed by atoms with E-state index in [-0.39, 0.29) is 31.4 Å². The van der Waals surface area contributed by atoms with Gasteiger partial charge in [-0.1, -0.05) is 65.5 Å². The topological polar surface area (TPSA) is 51.8 Å². The molecule has 4 nitrogen and oxygen atoms in total. The van der Waals surface area contributed by atoms with Crippen LogP contribution in [0.5, 0.6) is 0 Å². The number of nitrogens with zero attached hydrogens (tertiary/aromatic N) is 3. The maximum absolute atomic E-state index is 8.57. The zero-order valence-corrected chi connectivity index (χ0v) is 23.5. The van der Waals surface area contributed by atoms with Crippen molar-refractivity contribution in [2.75, 3.05) is 0 Å². The van der Waals surface area contributed by atoms with Gasteiger partial charge in [0.05, 0.1) is 5.58 Å². The van der Waals surface area contributed by atoms with E-state index in [2.05, 4.69) is 27.1 Å². The molecule has 0 amide bonds. The van der Waals surface area contributed by atoms with Gasteiger partial charge in [0.15, 0.2) is 0 Å². The average molecular weight is 701 g/mol. The van der Waals surface area contributed by atoms with E-state index in [0.29, 0.717) is 28.1 Å². The second-order valence-corrected chi connectivity index (χ2v) is 8.66. The molecule has 0 aliphatic heterocycles. The molecule has 0 unspecified atom stereocenters. The van der Waals surface area contributed by atoms with Gasteiger partial charge >= 0.3 is 0 Å². The largest absolute Gasteiger partial charge is 0.486 e. The Balaban J connectivity index is 0.000000258. The SMILES string of the molecule is [2H]C([2H])([2H])c1ccc(-c2[c-]ccc3c2oc2nc(C([2H])([2H])c4ccccc4)ccc23)nc1.[Ir].[c-]1ccccc1-c1ccccn1. The van der Waals surface area contributed by atoms with Gasteiger partial charge in [0.2, 0.25) is 5.71 Å². The maximum atomic E-state index is 8.57. The van der Waals surface area contributed by atoms with Crippen LogP contribution in [0.25, 0.3) is 44.6 Å². The van der Waals surface area contributed by atoms with E-state index < -0.39 is 13.2 Å².